The second-order valence-corrected chi connectivity index (χ2v) is 10.0. The van der Waals surface area contributed by atoms with Crippen molar-refractivity contribution in [3.8, 4) is 0 Å². The first-order valence-corrected chi connectivity index (χ1v) is 10.00. The maximum Gasteiger partial charge on any atom is -0.153 e. The van der Waals surface area contributed by atoms with Gasteiger partial charge in [0.15, 0.2) is 0 Å². The molecule has 0 amide bonds. The van der Waals surface area contributed by atoms with Gasteiger partial charge in [-0.1, -0.05) is 0 Å². The van der Waals surface area contributed by atoms with Crippen LogP contribution in [0.5, 0.6) is 0 Å². The second-order valence-electron chi connectivity index (χ2n) is 5.02. The number of carboxylic acids is 1. The summed E-state index contributed by atoms with van der Waals surface area (Å²) in [5, 5.41) is 7.42. The van der Waals surface area contributed by atoms with Gasteiger partial charge >= 0.3 is 85.3 Å². The fraction of sp³-hybridized carbons (Fsp3) is 0.929. The monoisotopic (exact) mass is 298 g/mol. The summed E-state index contributed by atoms with van der Waals surface area (Å²) in [5.41, 5.74) is 0. The zero-order chi connectivity index (χ0) is 13.7. The quantitative estimate of drug-likeness (QED) is 0.669. The molecule has 0 aromatic carbocycles. The number of aliphatic carboxylic acids is 1. The summed E-state index contributed by atoms with van der Waals surface area (Å²) in [4.78, 5) is 9.00. The minimum Gasteiger partial charge on any atom is -0.153 e. The van der Waals surface area contributed by atoms with Crippen molar-refractivity contribution < 1.29 is 9.90 Å². The van der Waals surface area contributed by atoms with E-state index in [1.807, 2.05) is 0 Å². The van der Waals surface area contributed by atoms with Crippen LogP contribution in [-0.4, -0.2) is 35.7 Å². The molecule has 0 saturated heterocycles. The van der Waals surface area contributed by atoms with Gasteiger partial charge < -0.3 is 5.11 Å². The molecule has 0 spiro atoms. The predicted molar refractivity (Wildman–Crippen MR) is 93.4 cm³/mol. The largest absolute Gasteiger partial charge is 0.153 e. The SMILES string of the molecule is CC(=O)O.CCC[PH](CCC)(CCC)CCC.P. The van der Waals surface area contributed by atoms with Crippen molar-refractivity contribution in [2.75, 3.05) is 24.6 Å². The van der Waals surface area contributed by atoms with E-state index in [1.54, 1.807) is 24.6 Å². The Morgan fingerprint density at radius 1 is 0.833 bits per heavy atom. The molecule has 18 heavy (non-hydrogen) atoms. The molecule has 0 aliphatic carbocycles. The van der Waals surface area contributed by atoms with Crippen LogP contribution in [0, 0.1) is 0 Å². The summed E-state index contributed by atoms with van der Waals surface area (Å²) in [6.45, 7) is 10.5. The van der Waals surface area contributed by atoms with Gasteiger partial charge in [-0.25, -0.2) is 0 Å². The molecule has 0 aliphatic rings. The molecule has 0 fully saturated rings. The van der Waals surface area contributed by atoms with Crippen LogP contribution < -0.4 is 0 Å². The Bertz CT molecular complexity index is 151. The normalized spacial score (nSPS) is 10.9. The molecule has 1 atom stereocenters. The number of carbonyl (C=O) groups is 1. The topological polar surface area (TPSA) is 37.3 Å². The third kappa shape index (κ3) is 14.4. The molecule has 1 N–H and O–H groups in total. The standard InChI is InChI=1S/C12H29P.C2H4O2.H3P/c1-5-9-13(10-6-2,11-7-3)12-8-4;1-2(3)4;/h13H,5-12H2,1-4H3;1H3,(H,3,4);1H3. The van der Waals surface area contributed by atoms with E-state index in [9.17, 15) is 0 Å². The van der Waals surface area contributed by atoms with Gasteiger partial charge in [-0.15, -0.1) is 0 Å². The van der Waals surface area contributed by atoms with E-state index in [0.717, 1.165) is 6.92 Å². The molecule has 0 saturated carbocycles. The van der Waals surface area contributed by atoms with Crippen molar-refractivity contribution in [2.24, 2.45) is 0 Å². The molecule has 0 radical (unpaired) electrons. The van der Waals surface area contributed by atoms with Crippen molar-refractivity contribution in [3.05, 3.63) is 0 Å². The van der Waals surface area contributed by atoms with E-state index in [-0.39, 0.29) is 9.90 Å². The van der Waals surface area contributed by atoms with E-state index >= 15 is 0 Å². The van der Waals surface area contributed by atoms with E-state index < -0.39 is 13.2 Å². The number of hydrogen-bond donors (Lipinski definition) is 1. The van der Waals surface area contributed by atoms with Gasteiger partial charge in [-0.05, 0) is 0 Å². The van der Waals surface area contributed by atoms with Crippen LogP contribution in [0.3, 0.4) is 0 Å². The molecule has 0 heterocycles. The molecular weight excluding hydrogens is 262 g/mol. The van der Waals surface area contributed by atoms with Crippen molar-refractivity contribution in [1.82, 2.24) is 0 Å². The second kappa shape index (κ2) is 15.4. The van der Waals surface area contributed by atoms with Gasteiger partial charge in [-0.3, -0.25) is 4.79 Å². The minimum absolute atomic E-state index is 0. The Labute approximate surface area is 118 Å². The Kier molecular flexibility index (Phi) is 20.0. The van der Waals surface area contributed by atoms with Crippen LogP contribution in [0.2, 0.25) is 0 Å². The van der Waals surface area contributed by atoms with Crippen molar-refractivity contribution >= 4 is 23.1 Å². The molecule has 0 aliphatic heterocycles. The molecular formula is C14H36O2P2. The van der Waals surface area contributed by atoms with Crippen LogP contribution in [0.4, 0.5) is 0 Å². The third-order valence-corrected chi connectivity index (χ3v) is 9.36. The van der Waals surface area contributed by atoms with Crippen LogP contribution in [0.25, 0.3) is 0 Å². The number of hydrogen-bond acceptors (Lipinski definition) is 1. The molecule has 1 unspecified atom stereocenters. The molecule has 2 nitrogen and oxygen atoms in total. The van der Waals surface area contributed by atoms with Gasteiger partial charge in [-0.2, -0.15) is 9.90 Å². The minimum atomic E-state index is -0.833. The number of rotatable bonds is 8. The molecule has 0 bridgehead atoms. The first kappa shape index (κ1) is 23.4. The predicted octanol–water partition coefficient (Wildman–Crippen LogP) is 4.53. The zero-order valence-corrected chi connectivity index (χ0v) is 15.6. The third-order valence-electron chi connectivity index (χ3n) is 3.12. The first-order chi connectivity index (χ1) is 7.97. The Morgan fingerprint density at radius 3 is 1.11 bits per heavy atom. The summed E-state index contributed by atoms with van der Waals surface area (Å²) in [5.74, 6) is -0.833. The maximum absolute atomic E-state index is 9.00. The smallest absolute Gasteiger partial charge is 0.153 e. The summed E-state index contributed by atoms with van der Waals surface area (Å²) in [6.07, 6.45) is 12.0. The summed E-state index contributed by atoms with van der Waals surface area (Å²) >= 11 is 0. The Morgan fingerprint density at radius 2 is 1.00 bits per heavy atom. The summed E-state index contributed by atoms with van der Waals surface area (Å²) in [7, 11) is -0.796. The first-order valence-electron chi connectivity index (χ1n) is 7.17. The van der Waals surface area contributed by atoms with Crippen LogP contribution in [0.1, 0.15) is 60.3 Å². The van der Waals surface area contributed by atoms with Crippen molar-refractivity contribution in [1.29, 1.82) is 0 Å². The van der Waals surface area contributed by atoms with Crippen molar-refractivity contribution in [3.63, 3.8) is 0 Å². The summed E-state index contributed by atoms with van der Waals surface area (Å²) < 4.78 is 0. The van der Waals surface area contributed by atoms with Gasteiger partial charge in [0, 0.05) is 6.92 Å². The van der Waals surface area contributed by atoms with Crippen LogP contribution in [-0.2, 0) is 4.79 Å². The molecule has 0 aromatic rings. The van der Waals surface area contributed by atoms with Crippen LogP contribution >= 0.6 is 17.2 Å². The maximum atomic E-state index is 9.00. The molecule has 0 rings (SSSR count). The molecule has 0 aromatic heterocycles. The zero-order valence-electron chi connectivity index (χ0n) is 13.2. The van der Waals surface area contributed by atoms with Crippen LogP contribution in [0.15, 0.2) is 0 Å². The summed E-state index contributed by atoms with van der Waals surface area (Å²) in [6, 6.07) is 0. The van der Waals surface area contributed by atoms with E-state index in [0.29, 0.717) is 0 Å². The van der Waals surface area contributed by atoms with Gasteiger partial charge in [0.1, 0.15) is 0 Å². The number of carboxylic acid groups (broad SMARTS) is 1. The Hall–Kier alpha value is 0.330. The van der Waals surface area contributed by atoms with Gasteiger partial charge in [0.05, 0.1) is 0 Å². The van der Waals surface area contributed by atoms with Gasteiger partial charge in [0.25, 0.3) is 5.97 Å². The fourth-order valence-electron chi connectivity index (χ4n) is 2.87. The van der Waals surface area contributed by atoms with E-state index in [2.05, 4.69) is 27.7 Å². The van der Waals surface area contributed by atoms with E-state index in [1.165, 1.54) is 25.7 Å². The average Bonchev–Trinajstić information content (AvgIpc) is 2.18. The van der Waals surface area contributed by atoms with Crippen molar-refractivity contribution in [2.45, 2.75) is 60.3 Å². The Balaban J connectivity index is -0.000000392. The van der Waals surface area contributed by atoms with E-state index in [4.69, 9.17) is 9.90 Å². The fourth-order valence-corrected chi connectivity index (χ4v) is 8.61. The van der Waals surface area contributed by atoms with Gasteiger partial charge in [0.2, 0.25) is 0 Å². The molecule has 114 valence electrons. The average molecular weight is 298 g/mol. The molecule has 4 heteroatoms.